The van der Waals surface area contributed by atoms with Gasteiger partial charge in [-0.1, -0.05) is 0 Å². The largest absolute Gasteiger partial charge is 0.385 e. The first-order valence-electron chi connectivity index (χ1n) is 5.10. The molecule has 1 heterocycles. The third-order valence-corrected chi connectivity index (χ3v) is 3.01. The van der Waals surface area contributed by atoms with Crippen LogP contribution in [-0.2, 0) is 17.8 Å². The van der Waals surface area contributed by atoms with Crippen molar-refractivity contribution in [2.45, 2.75) is 26.4 Å². The van der Waals surface area contributed by atoms with Crippen LogP contribution in [0.15, 0.2) is 15.8 Å². The van der Waals surface area contributed by atoms with Crippen molar-refractivity contribution in [1.82, 2.24) is 9.13 Å². The Bertz CT molecular complexity index is 464. The van der Waals surface area contributed by atoms with Gasteiger partial charge in [-0.2, -0.15) is 0 Å². The zero-order valence-electron chi connectivity index (χ0n) is 9.40. The van der Waals surface area contributed by atoms with Crippen molar-refractivity contribution in [3.05, 3.63) is 30.6 Å². The van der Waals surface area contributed by atoms with E-state index in [2.05, 4.69) is 0 Å². The lowest BCUT2D eigenvalue weighted by atomic mass is 10.4. The highest BCUT2D eigenvalue weighted by Crippen LogP contribution is 1.95. The summed E-state index contributed by atoms with van der Waals surface area (Å²) in [4.78, 5) is 23.6. The number of nitrogens with zero attached hydrogens (tertiary/aromatic N) is 2. The molecular formula is C10H15IN2O3. The van der Waals surface area contributed by atoms with Crippen LogP contribution < -0.4 is 11.2 Å². The third kappa shape index (κ3) is 2.94. The van der Waals surface area contributed by atoms with Crippen molar-refractivity contribution in [2.24, 2.45) is 0 Å². The summed E-state index contributed by atoms with van der Waals surface area (Å²) in [5, 5.41) is 0. The summed E-state index contributed by atoms with van der Waals surface area (Å²) in [7, 11) is 1.60. The lowest BCUT2D eigenvalue weighted by Gasteiger charge is -2.09. The van der Waals surface area contributed by atoms with Gasteiger partial charge in [-0.15, -0.1) is 0 Å². The molecule has 0 spiro atoms. The van der Waals surface area contributed by atoms with Gasteiger partial charge in [-0.05, 0) is 35.9 Å². The second kappa shape index (κ2) is 6.19. The van der Waals surface area contributed by atoms with Gasteiger partial charge in [0.15, 0.2) is 0 Å². The molecule has 1 aromatic rings. The number of ether oxygens (including phenoxy) is 1. The Kier molecular flexibility index (Phi) is 5.20. The second-order valence-corrected chi connectivity index (χ2v) is 4.51. The standard InChI is InChI=1S/C10H15IN2O3/c1-3-12-7-8(11)9(14)13(10(12)15)5-4-6-16-2/h7H,3-6H2,1-2H3. The molecule has 0 atom stereocenters. The number of hydrogen-bond acceptors (Lipinski definition) is 3. The average molecular weight is 338 g/mol. The minimum Gasteiger partial charge on any atom is -0.385 e. The van der Waals surface area contributed by atoms with Gasteiger partial charge in [0.2, 0.25) is 0 Å². The number of halogens is 1. The van der Waals surface area contributed by atoms with Crippen molar-refractivity contribution < 1.29 is 4.74 Å². The van der Waals surface area contributed by atoms with Gasteiger partial charge < -0.3 is 4.74 Å². The van der Waals surface area contributed by atoms with E-state index in [0.29, 0.717) is 29.7 Å². The van der Waals surface area contributed by atoms with Gasteiger partial charge >= 0.3 is 5.69 Å². The van der Waals surface area contributed by atoms with E-state index in [1.165, 1.54) is 9.13 Å². The van der Waals surface area contributed by atoms with Crippen molar-refractivity contribution in [3.8, 4) is 0 Å². The molecule has 0 saturated heterocycles. The average Bonchev–Trinajstić information content (AvgIpc) is 2.28. The third-order valence-electron chi connectivity index (χ3n) is 2.27. The molecule has 0 N–H and O–H groups in total. The molecular weight excluding hydrogens is 323 g/mol. The molecule has 0 unspecified atom stereocenters. The Balaban J connectivity index is 3.10. The Morgan fingerprint density at radius 3 is 2.69 bits per heavy atom. The van der Waals surface area contributed by atoms with Gasteiger partial charge in [0.25, 0.3) is 5.56 Å². The van der Waals surface area contributed by atoms with E-state index in [-0.39, 0.29) is 11.2 Å². The Labute approximate surface area is 107 Å². The molecule has 0 fully saturated rings. The molecule has 0 bridgehead atoms. The summed E-state index contributed by atoms with van der Waals surface area (Å²) < 4.78 is 8.28. The van der Waals surface area contributed by atoms with E-state index in [4.69, 9.17) is 4.74 Å². The summed E-state index contributed by atoms with van der Waals surface area (Å²) in [6, 6.07) is 0. The molecule has 0 radical (unpaired) electrons. The molecule has 5 nitrogen and oxygen atoms in total. The second-order valence-electron chi connectivity index (χ2n) is 3.35. The fraction of sp³-hybridized carbons (Fsp3) is 0.600. The van der Waals surface area contributed by atoms with Crippen molar-refractivity contribution in [3.63, 3.8) is 0 Å². The normalized spacial score (nSPS) is 10.7. The molecule has 1 rings (SSSR count). The summed E-state index contributed by atoms with van der Waals surface area (Å²) >= 11 is 1.95. The lowest BCUT2D eigenvalue weighted by Crippen LogP contribution is -2.40. The van der Waals surface area contributed by atoms with Gasteiger partial charge in [0.1, 0.15) is 0 Å². The van der Waals surface area contributed by atoms with Crippen LogP contribution in [0.5, 0.6) is 0 Å². The molecule has 0 aliphatic heterocycles. The van der Waals surface area contributed by atoms with Crippen LogP contribution in [0.2, 0.25) is 0 Å². The van der Waals surface area contributed by atoms with Crippen LogP contribution in [0.3, 0.4) is 0 Å². The van der Waals surface area contributed by atoms with Crippen LogP contribution in [0.25, 0.3) is 0 Å². The van der Waals surface area contributed by atoms with Crippen LogP contribution >= 0.6 is 22.6 Å². The predicted molar refractivity (Wildman–Crippen MR) is 69.8 cm³/mol. The van der Waals surface area contributed by atoms with Gasteiger partial charge in [0.05, 0.1) is 3.57 Å². The zero-order chi connectivity index (χ0) is 12.1. The zero-order valence-corrected chi connectivity index (χ0v) is 11.6. The number of hydrogen-bond donors (Lipinski definition) is 0. The molecule has 0 aliphatic carbocycles. The molecule has 0 saturated carbocycles. The summed E-state index contributed by atoms with van der Waals surface area (Å²) in [6.45, 7) is 3.40. The maximum Gasteiger partial charge on any atom is 0.331 e. The van der Waals surface area contributed by atoms with E-state index in [1.54, 1.807) is 13.3 Å². The Morgan fingerprint density at radius 1 is 1.44 bits per heavy atom. The maximum absolute atomic E-state index is 11.8. The van der Waals surface area contributed by atoms with E-state index in [0.717, 1.165) is 0 Å². The monoisotopic (exact) mass is 338 g/mol. The molecule has 0 aromatic carbocycles. The van der Waals surface area contributed by atoms with Crippen molar-refractivity contribution >= 4 is 22.6 Å². The van der Waals surface area contributed by atoms with Crippen LogP contribution in [0.4, 0.5) is 0 Å². The van der Waals surface area contributed by atoms with Gasteiger partial charge in [0, 0.05) is 33.0 Å². The quantitative estimate of drug-likeness (QED) is 0.586. The fourth-order valence-corrected chi connectivity index (χ4v) is 2.04. The number of aryl methyl sites for hydroxylation is 1. The van der Waals surface area contributed by atoms with Crippen molar-refractivity contribution in [2.75, 3.05) is 13.7 Å². The maximum atomic E-state index is 11.8. The molecule has 0 amide bonds. The highest BCUT2D eigenvalue weighted by Gasteiger charge is 2.08. The van der Waals surface area contributed by atoms with Crippen LogP contribution in [-0.4, -0.2) is 22.9 Å². The minimum absolute atomic E-state index is 0.216. The molecule has 6 heteroatoms. The van der Waals surface area contributed by atoms with Gasteiger partial charge in [-0.3, -0.25) is 13.9 Å². The lowest BCUT2D eigenvalue weighted by molar-refractivity contribution is 0.189. The smallest absolute Gasteiger partial charge is 0.331 e. The minimum atomic E-state index is -0.246. The van der Waals surface area contributed by atoms with Gasteiger partial charge in [-0.25, -0.2) is 4.79 Å². The van der Waals surface area contributed by atoms with E-state index in [9.17, 15) is 9.59 Å². The van der Waals surface area contributed by atoms with Crippen LogP contribution in [0.1, 0.15) is 13.3 Å². The first-order chi connectivity index (χ1) is 7.61. The molecule has 1 aromatic heterocycles. The molecule has 16 heavy (non-hydrogen) atoms. The Hall–Kier alpha value is -0.630. The molecule has 90 valence electrons. The SMILES string of the molecule is CCn1cc(I)c(=O)n(CCCOC)c1=O. The summed E-state index contributed by atoms with van der Waals surface area (Å²) in [5.74, 6) is 0. The van der Waals surface area contributed by atoms with Crippen LogP contribution in [0, 0.1) is 3.57 Å². The fourth-order valence-electron chi connectivity index (χ4n) is 1.41. The highest BCUT2D eigenvalue weighted by atomic mass is 127. The Morgan fingerprint density at radius 2 is 2.12 bits per heavy atom. The van der Waals surface area contributed by atoms with E-state index in [1.807, 2.05) is 29.5 Å². The van der Waals surface area contributed by atoms with E-state index >= 15 is 0 Å². The van der Waals surface area contributed by atoms with E-state index < -0.39 is 0 Å². The number of rotatable bonds is 5. The summed E-state index contributed by atoms with van der Waals surface area (Å²) in [5.41, 5.74) is -0.463. The molecule has 0 aliphatic rings. The number of aromatic nitrogens is 2. The highest BCUT2D eigenvalue weighted by molar-refractivity contribution is 14.1. The first-order valence-corrected chi connectivity index (χ1v) is 6.18. The topological polar surface area (TPSA) is 53.2 Å². The summed E-state index contributed by atoms with van der Waals surface area (Å²) in [6.07, 6.45) is 2.26. The first kappa shape index (κ1) is 13.4. The number of methoxy groups -OCH3 is 1. The predicted octanol–water partition coefficient (Wildman–Crippen LogP) is 0.671. The van der Waals surface area contributed by atoms with Crippen molar-refractivity contribution in [1.29, 1.82) is 0 Å².